The van der Waals surface area contributed by atoms with E-state index < -0.39 is 9.28 Å². The Labute approximate surface area is 89.4 Å². The average Bonchev–Trinajstić information content (AvgIpc) is 2.09. The summed E-state index contributed by atoms with van der Waals surface area (Å²) in [7, 11) is -2.41. The third-order valence-corrected chi connectivity index (χ3v) is 3.84. The maximum Gasteiger partial charge on any atom is 0.319 e. The minimum atomic E-state index is -2.41. The molecule has 3 nitrogen and oxygen atoms in total. The van der Waals surface area contributed by atoms with Crippen molar-refractivity contribution in [2.24, 2.45) is 5.92 Å². The molecule has 0 aliphatic rings. The second kappa shape index (κ2) is 8.41. The zero-order valence-electron chi connectivity index (χ0n) is 9.66. The van der Waals surface area contributed by atoms with Gasteiger partial charge in [0.25, 0.3) is 0 Å². The Balaban J connectivity index is 3.50. The summed E-state index contributed by atoms with van der Waals surface area (Å²) < 4.78 is 0. The first-order valence-electron chi connectivity index (χ1n) is 5.64. The van der Waals surface area contributed by atoms with Crippen LogP contribution in [-0.2, 0) is 0 Å². The van der Waals surface area contributed by atoms with Crippen LogP contribution in [-0.4, -0.2) is 32.0 Å². The maximum atomic E-state index is 9.22. The van der Waals surface area contributed by atoms with E-state index in [1.54, 1.807) is 0 Å². The van der Waals surface area contributed by atoms with Crippen LogP contribution in [0.4, 0.5) is 0 Å². The van der Waals surface area contributed by atoms with Gasteiger partial charge in [-0.15, -0.1) is 0 Å². The molecule has 0 radical (unpaired) electrons. The fourth-order valence-electron chi connectivity index (χ4n) is 1.49. The van der Waals surface area contributed by atoms with Gasteiger partial charge in [-0.3, -0.25) is 0 Å². The predicted octanol–water partition coefficient (Wildman–Crippen LogP) is 0.997. The first kappa shape index (κ1) is 14.1. The lowest BCUT2D eigenvalue weighted by molar-refractivity contribution is 0.369. The first-order valence-corrected chi connectivity index (χ1v) is 7.34. The van der Waals surface area contributed by atoms with Crippen LogP contribution in [0.15, 0.2) is 0 Å². The summed E-state index contributed by atoms with van der Waals surface area (Å²) in [5.74, 6) is 0.663. The van der Waals surface area contributed by atoms with Gasteiger partial charge in [-0.25, -0.2) is 0 Å². The lowest BCUT2D eigenvalue weighted by atomic mass is 10.2. The Bertz CT molecular complexity index is 131. The van der Waals surface area contributed by atoms with Gasteiger partial charge in [0.1, 0.15) is 0 Å². The lowest BCUT2D eigenvalue weighted by Gasteiger charge is -2.16. The molecule has 0 amide bonds. The van der Waals surface area contributed by atoms with Crippen molar-refractivity contribution in [1.82, 2.24) is 5.32 Å². The fourth-order valence-corrected chi connectivity index (χ4v) is 2.59. The first-order chi connectivity index (χ1) is 6.57. The molecule has 0 aromatic heterocycles. The highest BCUT2D eigenvalue weighted by Crippen LogP contribution is 2.18. The van der Waals surface area contributed by atoms with Crippen molar-refractivity contribution >= 4 is 9.28 Å². The maximum absolute atomic E-state index is 9.22. The van der Waals surface area contributed by atoms with Crippen molar-refractivity contribution in [3.8, 4) is 0 Å². The summed E-state index contributed by atoms with van der Waals surface area (Å²) in [5, 5.41) is 3.33. The summed E-state index contributed by atoms with van der Waals surface area (Å²) in [6.45, 7) is 8.36. The van der Waals surface area contributed by atoms with E-state index in [4.69, 9.17) is 0 Å². The summed E-state index contributed by atoms with van der Waals surface area (Å²) in [6.07, 6.45) is 2.90. The quantitative estimate of drug-likeness (QED) is 0.422. The molecule has 86 valence electrons. The molecule has 0 heterocycles. The number of rotatable bonds is 8. The molecule has 0 aromatic carbocycles. The van der Waals surface area contributed by atoms with Crippen molar-refractivity contribution in [3.63, 3.8) is 0 Å². The molecule has 1 unspecified atom stereocenters. The van der Waals surface area contributed by atoms with E-state index in [1.165, 1.54) is 0 Å². The zero-order valence-corrected chi connectivity index (χ0v) is 10.8. The van der Waals surface area contributed by atoms with E-state index in [0.717, 1.165) is 32.4 Å². The third-order valence-electron chi connectivity index (χ3n) is 2.33. The van der Waals surface area contributed by atoms with Gasteiger partial charge >= 0.3 is 9.28 Å². The van der Waals surface area contributed by atoms with Crippen LogP contribution >= 0.6 is 0 Å². The van der Waals surface area contributed by atoms with Crippen LogP contribution in [0.1, 0.15) is 40.0 Å². The molecule has 1 atom stereocenters. The second-order valence-electron chi connectivity index (χ2n) is 4.35. The van der Waals surface area contributed by atoms with Crippen LogP contribution < -0.4 is 5.32 Å². The van der Waals surface area contributed by atoms with Crippen molar-refractivity contribution < 1.29 is 9.59 Å². The van der Waals surface area contributed by atoms with Gasteiger partial charge in [-0.05, 0) is 31.8 Å². The molecular weight excluding hydrogens is 194 g/mol. The summed E-state index contributed by atoms with van der Waals surface area (Å²) in [4.78, 5) is 18.4. The second-order valence-corrected chi connectivity index (χ2v) is 6.12. The molecule has 0 aliphatic carbocycles. The number of nitrogens with one attached hydrogen (secondary N) is 1. The SMILES string of the molecule is CCCC(CCNCC(C)C)[SiH](O)O. The average molecular weight is 219 g/mol. The Hall–Kier alpha value is 0.0969. The molecule has 3 N–H and O–H groups in total. The minimum absolute atomic E-state index is 0.166. The van der Waals surface area contributed by atoms with Crippen LogP contribution in [0.5, 0.6) is 0 Å². The molecule has 0 spiro atoms. The zero-order chi connectivity index (χ0) is 11.0. The number of hydrogen-bond acceptors (Lipinski definition) is 3. The van der Waals surface area contributed by atoms with E-state index in [9.17, 15) is 9.59 Å². The Morgan fingerprint density at radius 2 is 1.86 bits per heavy atom. The molecule has 14 heavy (non-hydrogen) atoms. The van der Waals surface area contributed by atoms with Crippen LogP contribution in [0.2, 0.25) is 5.54 Å². The van der Waals surface area contributed by atoms with Crippen molar-refractivity contribution in [1.29, 1.82) is 0 Å². The lowest BCUT2D eigenvalue weighted by Crippen LogP contribution is -2.26. The molecule has 4 heteroatoms. The third kappa shape index (κ3) is 7.50. The summed E-state index contributed by atoms with van der Waals surface area (Å²) >= 11 is 0. The van der Waals surface area contributed by atoms with Gasteiger partial charge in [0, 0.05) is 5.54 Å². The number of hydrogen-bond donors (Lipinski definition) is 3. The highest BCUT2D eigenvalue weighted by atomic mass is 28.3. The molecule has 0 saturated heterocycles. The van der Waals surface area contributed by atoms with E-state index in [-0.39, 0.29) is 5.54 Å². The Morgan fingerprint density at radius 1 is 1.21 bits per heavy atom. The summed E-state index contributed by atoms with van der Waals surface area (Å²) in [5.41, 5.74) is 0.166. The largest absolute Gasteiger partial charge is 0.413 e. The Morgan fingerprint density at radius 3 is 2.29 bits per heavy atom. The molecule has 0 rings (SSSR count). The standard InChI is InChI=1S/C10H25NO2Si/c1-4-5-10(14(12)13)6-7-11-8-9(2)3/h9-14H,4-8H2,1-3H3. The fraction of sp³-hybridized carbons (Fsp3) is 1.00. The van der Waals surface area contributed by atoms with Crippen LogP contribution in [0.3, 0.4) is 0 Å². The monoisotopic (exact) mass is 219 g/mol. The molecule has 0 bridgehead atoms. The van der Waals surface area contributed by atoms with Gasteiger partial charge < -0.3 is 14.9 Å². The Kier molecular flexibility index (Phi) is 8.47. The van der Waals surface area contributed by atoms with E-state index in [0.29, 0.717) is 5.92 Å². The molecule has 0 fully saturated rings. The van der Waals surface area contributed by atoms with Crippen molar-refractivity contribution in [2.45, 2.75) is 45.6 Å². The molecule has 0 saturated carbocycles. The van der Waals surface area contributed by atoms with E-state index in [2.05, 4.69) is 26.1 Å². The van der Waals surface area contributed by atoms with Gasteiger partial charge in [0.05, 0.1) is 0 Å². The smallest absolute Gasteiger partial charge is 0.319 e. The highest BCUT2D eigenvalue weighted by molar-refractivity contribution is 6.43. The predicted molar refractivity (Wildman–Crippen MR) is 62.6 cm³/mol. The van der Waals surface area contributed by atoms with Gasteiger partial charge in [0.2, 0.25) is 0 Å². The van der Waals surface area contributed by atoms with Crippen molar-refractivity contribution in [3.05, 3.63) is 0 Å². The normalized spacial score (nSPS) is 13.9. The van der Waals surface area contributed by atoms with Crippen LogP contribution in [0.25, 0.3) is 0 Å². The molecular formula is C10H25NO2Si. The minimum Gasteiger partial charge on any atom is -0.413 e. The summed E-state index contributed by atoms with van der Waals surface area (Å²) in [6, 6.07) is 0. The van der Waals surface area contributed by atoms with Crippen LogP contribution in [0, 0.1) is 5.92 Å². The highest BCUT2D eigenvalue weighted by Gasteiger charge is 2.17. The van der Waals surface area contributed by atoms with E-state index >= 15 is 0 Å². The van der Waals surface area contributed by atoms with Gasteiger partial charge in [-0.1, -0.05) is 27.2 Å². The topological polar surface area (TPSA) is 52.5 Å². The van der Waals surface area contributed by atoms with E-state index in [1.807, 2.05) is 0 Å². The molecule has 0 aliphatic heterocycles. The van der Waals surface area contributed by atoms with Gasteiger partial charge in [-0.2, -0.15) is 0 Å². The van der Waals surface area contributed by atoms with Crippen molar-refractivity contribution in [2.75, 3.05) is 13.1 Å². The van der Waals surface area contributed by atoms with Gasteiger partial charge in [0.15, 0.2) is 0 Å². The molecule has 0 aromatic rings.